The second-order valence-electron chi connectivity index (χ2n) is 7.75. The van der Waals surface area contributed by atoms with E-state index in [1.54, 1.807) is 13.0 Å². The first kappa shape index (κ1) is 17.5. The van der Waals surface area contributed by atoms with Gasteiger partial charge in [-0.1, -0.05) is 13.0 Å². The van der Waals surface area contributed by atoms with Crippen LogP contribution in [0, 0.1) is 30.1 Å². The molecule has 0 saturated heterocycles. The number of anilines is 2. The Labute approximate surface area is 160 Å². The Morgan fingerprint density at radius 2 is 2.07 bits per heavy atom. The molecular weight excluding hydrogens is 336 g/mol. The zero-order valence-corrected chi connectivity index (χ0v) is 15.9. The minimum Gasteiger partial charge on any atom is -0.363 e. The molecule has 27 heavy (non-hydrogen) atoms. The number of hydrogen-bond donors (Lipinski definition) is 1. The zero-order chi connectivity index (χ0) is 19.1. The number of carbonyl (C=O) groups excluding carboxylic acids is 1. The van der Waals surface area contributed by atoms with Crippen LogP contribution in [0.15, 0.2) is 36.4 Å². The fraction of sp³-hybridized carbons (Fsp3) is 0.409. The van der Waals surface area contributed by atoms with Gasteiger partial charge in [-0.15, -0.1) is 0 Å². The number of fused-ring (bicyclic) bond motifs is 1. The summed E-state index contributed by atoms with van der Waals surface area (Å²) in [6.07, 6.45) is 2.33. The molecule has 1 aromatic carbocycles. The van der Waals surface area contributed by atoms with E-state index >= 15 is 0 Å². The summed E-state index contributed by atoms with van der Waals surface area (Å²) < 4.78 is 0. The number of aryl methyl sites for hydroxylation is 1. The average molecular weight is 360 g/mol. The summed E-state index contributed by atoms with van der Waals surface area (Å²) in [5, 5.41) is 13.0. The van der Waals surface area contributed by atoms with Gasteiger partial charge in [0.15, 0.2) is 0 Å². The monoisotopic (exact) mass is 360 g/mol. The molecule has 2 aromatic rings. The van der Waals surface area contributed by atoms with E-state index < -0.39 is 0 Å². The van der Waals surface area contributed by atoms with Crippen LogP contribution in [0.5, 0.6) is 0 Å². The molecule has 1 aliphatic carbocycles. The van der Waals surface area contributed by atoms with Crippen molar-refractivity contribution < 1.29 is 4.79 Å². The molecule has 1 amide bonds. The standard InChI is InChI=1S/C22H24N4O/c1-13-5-4-6-20(24-13)25-21-14(2)22(17-8-9-17)26(15(3)27)19-10-7-16(12-23)11-18(19)21/h4-7,10-11,14,17,21-22H,8-9H2,1-3H3,(H,24,25)/t14-,21?,22-/m1/s1. The molecule has 2 heterocycles. The third-order valence-corrected chi connectivity index (χ3v) is 5.75. The second-order valence-corrected chi connectivity index (χ2v) is 7.75. The Morgan fingerprint density at radius 3 is 2.70 bits per heavy atom. The van der Waals surface area contributed by atoms with Crippen LogP contribution < -0.4 is 10.2 Å². The predicted molar refractivity (Wildman–Crippen MR) is 105 cm³/mol. The molecule has 1 aromatic heterocycles. The molecule has 5 heteroatoms. The van der Waals surface area contributed by atoms with Crippen molar-refractivity contribution in [2.45, 2.75) is 45.7 Å². The normalized spacial score (nSPS) is 24.1. The number of nitriles is 1. The molecule has 1 fully saturated rings. The van der Waals surface area contributed by atoms with Crippen molar-refractivity contribution >= 4 is 17.4 Å². The van der Waals surface area contributed by atoms with Crippen molar-refractivity contribution in [2.75, 3.05) is 10.2 Å². The summed E-state index contributed by atoms with van der Waals surface area (Å²) in [6.45, 7) is 5.82. The Morgan fingerprint density at radius 1 is 1.30 bits per heavy atom. The summed E-state index contributed by atoms with van der Waals surface area (Å²) in [7, 11) is 0. The van der Waals surface area contributed by atoms with Gasteiger partial charge in [0.25, 0.3) is 0 Å². The van der Waals surface area contributed by atoms with Gasteiger partial charge in [0.05, 0.1) is 17.7 Å². The number of pyridine rings is 1. The van der Waals surface area contributed by atoms with Crippen molar-refractivity contribution in [3.8, 4) is 6.07 Å². The summed E-state index contributed by atoms with van der Waals surface area (Å²) in [5.41, 5.74) is 3.48. The van der Waals surface area contributed by atoms with Gasteiger partial charge in [0.1, 0.15) is 5.82 Å². The molecule has 3 atom stereocenters. The minimum absolute atomic E-state index is 0.00352. The van der Waals surface area contributed by atoms with Crippen molar-refractivity contribution in [1.82, 2.24) is 4.98 Å². The minimum atomic E-state index is 0.00352. The smallest absolute Gasteiger partial charge is 0.224 e. The fourth-order valence-corrected chi connectivity index (χ4v) is 4.42. The number of carbonyl (C=O) groups is 1. The number of nitrogens with zero attached hydrogens (tertiary/aromatic N) is 3. The van der Waals surface area contributed by atoms with Crippen LogP contribution in [0.1, 0.15) is 49.6 Å². The Kier molecular flexibility index (Phi) is 4.35. The van der Waals surface area contributed by atoms with Crippen LogP contribution in [0.25, 0.3) is 0 Å². The SMILES string of the molecule is CC(=O)N1c2ccc(C#N)cc2C(Nc2cccc(C)n2)[C@@H](C)[C@@H]1C1CC1. The van der Waals surface area contributed by atoms with Crippen molar-refractivity contribution in [3.05, 3.63) is 53.2 Å². The first-order valence-electron chi connectivity index (χ1n) is 9.53. The topological polar surface area (TPSA) is 69.0 Å². The zero-order valence-electron chi connectivity index (χ0n) is 15.9. The summed E-state index contributed by atoms with van der Waals surface area (Å²) in [5.74, 6) is 1.65. The van der Waals surface area contributed by atoms with E-state index in [1.807, 2.05) is 42.2 Å². The Bertz CT molecular complexity index is 928. The Hall–Kier alpha value is -2.87. The highest BCUT2D eigenvalue weighted by atomic mass is 16.2. The van der Waals surface area contributed by atoms with E-state index in [2.05, 4.69) is 23.3 Å². The predicted octanol–water partition coefficient (Wildman–Crippen LogP) is 4.20. The van der Waals surface area contributed by atoms with E-state index in [0.29, 0.717) is 11.5 Å². The average Bonchev–Trinajstić information content (AvgIpc) is 3.47. The molecule has 1 unspecified atom stereocenters. The van der Waals surface area contributed by atoms with Crippen molar-refractivity contribution in [1.29, 1.82) is 5.26 Å². The number of amides is 1. The maximum atomic E-state index is 12.5. The number of nitrogens with one attached hydrogen (secondary N) is 1. The van der Waals surface area contributed by atoms with Gasteiger partial charge >= 0.3 is 0 Å². The third-order valence-electron chi connectivity index (χ3n) is 5.75. The quantitative estimate of drug-likeness (QED) is 0.891. The van der Waals surface area contributed by atoms with Gasteiger partial charge in [0, 0.05) is 30.3 Å². The van der Waals surface area contributed by atoms with Gasteiger partial charge in [-0.2, -0.15) is 5.26 Å². The lowest BCUT2D eigenvalue weighted by molar-refractivity contribution is -0.117. The first-order valence-corrected chi connectivity index (χ1v) is 9.53. The number of aromatic nitrogens is 1. The number of rotatable bonds is 3. The molecule has 0 spiro atoms. The third kappa shape index (κ3) is 3.16. The number of hydrogen-bond acceptors (Lipinski definition) is 4. The second kappa shape index (κ2) is 6.70. The lowest BCUT2D eigenvalue weighted by Gasteiger charge is -2.45. The summed E-state index contributed by atoms with van der Waals surface area (Å²) >= 11 is 0. The fourth-order valence-electron chi connectivity index (χ4n) is 4.42. The van der Waals surface area contributed by atoms with Gasteiger partial charge in [-0.3, -0.25) is 4.79 Å². The largest absolute Gasteiger partial charge is 0.363 e. The molecule has 5 nitrogen and oxygen atoms in total. The van der Waals surface area contributed by atoms with Crippen molar-refractivity contribution in [2.24, 2.45) is 11.8 Å². The van der Waals surface area contributed by atoms with Crippen LogP contribution in [0.4, 0.5) is 11.5 Å². The van der Waals surface area contributed by atoms with E-state index in [4.69, 9.17) is 0 Å². The highest BCUT2D eigenvalue weighted by Crippen LogP contribution is 2.50. The van der Waals surface area contributed by atoms with Crippen LogP contribution in [-0.4, -0.2) is 16.9 Å². The maximum Gasteiger partial charge on any atom is 0.224 e. The number of benzene rings is 1. The molecule has 0 bridgehead atoms. The van der Waals surface area contributed by atoms with Crippen LogP contribution in [0.2, 0.25) is 0 Å². The van der Waals surface area contributed by atoms with E-state index in [-0.39, 0.29) is 23.9 Å². The van der Waals surface area contributed by atoms with Crippen LogP contribution in [0.3, 0.4) is 0 Å². The lowest BCUT2D eigenvalue weighted by Crippen LogP contribution is -2.51. The van der Waals surface area contributed by atoms with Gasteiger partial charge in [0.2, 0.25) is 5.91 Å². The molecule has 2 aliphatic rings. The molecule has 1 aliphatic heterocycles. The first-order chi connectivity index (χ1) is 13.0. The molecule has 1 N–H and O–H groups in total. The van der Waals surface area contributed by atoms with Gasteiger partial charge in [-0.25, -0.2) is 4.98 Å². The van der Waals surface area contributed by atoms with E-state index in [1.165, 1.54) is 12.8 Å². The molecule has 1 saturated carbocycles. The maximum absolute atomic E-state index is 12.5. The molecule has 138 valence electrons. The Balaban J connectivity index is 1.82. The van der Waals surface area contributed by atoms with Crippen LogP contribution >= 0.6 is 0 Å². The molecule has 4 rings (SSSR count). The molecule has 0 radical (unpaired) electrons. The summed E-state index contributed by atoms with van der Waals surface area (Å²) in [4.78, 5) is 19.1. The van der Waals surface area contributed by atoms with Crippen molar-refractivity contribution in [3.63, 3.8) is 0 Å². The highest BCUT2D eigenvalue weighted by molar-refractivity contribution is 5.94. The van der Waals surface area contributed by atoms with E-state index in [0.717, 1.165) is 22.8 Å². The van der Waals surface area contributed by atoms with Gasteiger partial charge in [-0.05, 0) is 61.6 Å². The molecular formula is C22H24N4O. The van der Waals surface area contributed by atoms with E-state index in [9.17, 15) is 10.1 Å². The summed E-state index contributed by atoms with van der Waals surface area (Å²) in [6, 6.07) is 14.0. The van der Waals surface area contributed by atoms with Crippen LogP contribution in [-0.2, 0) is 4.79 Å². The lowest BCUT2D eigenvalue weighted by atomic mass is 9.79. The van der Waals surface area contributed by atoms with Gasteiger partial charge < -0.3 is 10.2 Å². The highest BCUT2D eigenvalue weighted by Gasteiger charge is 2.47.